The number of carboxylic acids is 2. The quantitative estimate of drug-likeness (QED) is 0.294. The summed E-state index contributed by atoms with van der Waals surface area (Å²) in [5, 5.41) is 24.4. The Labute approximate surface area is 207 Å². The highest BCUT2D eigenvalue weighted by molar-refractivity contribution is 8.00. The molecule has 0 saturated heterocycles. The summed E-state index contributed by atoms with van der Waals surface area (Å²) in [6, 6.07) is 14.6. The third-order valence-corrected chi connectivity index (χ3v) is 5.99. The zero-order valence-electron chi connectivity index (χ0n) is 17.2. The van der Waals surface area contributed by atoms with Crippen LogP contribution in [-0.4, -0.2) is 39.7 Å². The molecule has 0 aliphatic rings. The van der Waals surface area contributed by atoms with Crippen molar-refractivity contribution < 1.29 is 29.4 Å². The van der Waals surface area contributed by atoms with Gasteiger partial charge in [0, 0.05) is 15.6 Å². The van der Waals surface area contributed by atoms with Crippen molar-refractivity contribution in [3.8, 4) is 0 Å². The van der Waals surface area contributed by atoms with Gasteiger partial charge in [0.05, 0.1) is 33.2 Å². The van der Waals surface area contributed by atoms with E-state index in [0.717, 1.165) is 23.1 Å². The first-order valence-electron chi connectivity index (χ1n) is 9.54. The molecule has 11 heteroatoms. The highest BCUT2D eigenvalue weighted by Crippen LogP contribution is 2.26. The largest absolute Gasteiger partial charge is 0.478 e. The molecule has 0 spiro atoms. The second kappa shape index (κ2) is 11.1. The fraction of sp³-hybridized carbons (Fsp3) is 0.0435. The van der Waals surface area contributed by atoms with Gasteiger partial charge in [-0.25, -0.2) is 9.59 Å². The van der Waals surface area contributed by atoms with Gasteiger partial charge in [-0.3, -0.25) is 9.59 Å². The number of anilines is 2. The number of thioether (sulfide) groups is 1. The van der Waals surface area contributed by atoms with E-state index in [1.54, 1.807) is 36.4 Å². The third-order valence-electron chi connectivity index (χ3n) is 4.43. The molecule has 3 rings (SSSR count). The highest BCUT2D eigenvalue weighted by atomic mass is 35.5. The monoisotopic (exact) mass is 518 g/mol. The van der Waals surface area contributed by atoms with E-state index in [1.165, 1.54) is 17.8 Å². The minimum Gasteiger partial charge on any atom is -0.478 e. The zero-order valence-corrected chi connectivity index (χ0v) is 19.5. The van der Waals surface area contributed by atoms with Crippen LogP contribution in [-0.2, 0) is 4.79 Å². The van der Waals surface area contributed by atoms with Crippen molar-refractivity contribution in [1.82, 2.24) is 0 Å². The molecule has 0 bridgehead atoms. The van der Waals surface area contributed by atoms with Crippen molar-refractivity contribution in [3.05, 3.63) is 87.4 Å². The number of nitrogens with one attached hydrogen (secondary N) is 2. The van der Waals surface area contributed by atoms with E-state index in [2.05, 4.69) is 10.6 Å². The van der Waals surface area contributed by atoms with Crippen molar-refractivity contribution in [2.75, 3.05) is 16.4 Å². The lowest BCUT2D eigenvalue weighted by Crippen LogP contribution is -2.17. The van der Waals surface area contributed by atoms with Crippen LogP contribution in [0.4, 0.5) is 11.4 Å². The normalized spacial score (nSPS) is 10.4. The maximum Gasteiger partial charge on any atom is 0.336 e. The number of carboxylic acid groups (broad SMARTS) is 2. The van der Waals surface area contributed by atoms with Gasteiger partial charge < -0.3 is 20.8 Å². The molecule has 34 heavy (non-hydrogen) atoms. The molecule has 3 aromatic carbocycles. The van der Waals surface area contributed by atoms with E-state index in [9.17, 15) is 24.3 Å². The molecule has 4 N–H and O–H groups in total. The van der Waals surface area contributed by atoms with Gasteiger partial charge in [0.1, 0.15) is 0 Å². The summed E-state index contributed by atoms with van der Waals surface area (Å²) in [4.78, 5) is 48.0. The molecule has 174 valence electrons. The summed E-state index contributed by atoms with van der Waals surface area (Å²) in [6.45, 7) is 0. The molecular weight excluding hydrogens is 503 g/mol. The highest BCUT2D eigenvalue weighted by Gasteiger charge is 2.19. The van der Waals surface area contributed by atoms with Crippen molar-refractivity contribution in [2.24, 2.45) is 0 Å². The Morgan fingerprint density at radius 1 is 0.794 bits per heavy atom. The van der Waals surface area contributed by atoms with E-state index in [-0.39, 0.29) is 22.8 Å². The number of hydrogen-bond donors (Lipinski definition) is 4. The van der Waals surface area contributed by atoms with Crippen LogP contribution >= 0.6 is 35.0 Å². The van der Waals surface area contributed by atoms with Crippen LogP contribution in [0.2, 0.25) is 10.0 Å². The van der Waals surface area contributed by atoms with E-state index in [4.69, 9.17) is 28.3 Å². The molecule has 2 amide bonds. The predicted octanol–water partition coefficient (Wildman–Crippen LogP) is 5.37. The average Bonchev–Trinajstić information content (AvgIpc) is 2.80. The van der Waals surface area contributed by atoms with Crippen LogP contribution in [0.25, 0.3) is 0 Å². The smallest absolute Gasteiger partial charge is 0.336 e. The van der Waals surface area contributed by atoms with Gasteiger partial charge in [0.15, 0.2) is 0 Å². The minimum atomic E-state index is -1.42. The van der Waals surface area contributed by atoms with Crippen LogP contribution < -0.4 is 10.6 Å². The first-order valence-corrected chi connectivity index (χ1v) is 11.3. The van der Waals surface area contributed by atoms with Gasteiger partial charge >= 0.3 is 11.9 Å². The van der Waals surface area contributed by atoms with Gasteiger partial charge in [-0.15, -0.1) is 11.8 Å². The Morgan fingerprint density at radius 3 is 2.12 bits per heavy atom. The molecule has 0 heterocycles. The van der Waals surface area contributed by atoms with Crippen LogP contribution in [0.5, 0.6) is 0 Å². The summed E-state index contributed by atoms with van der Waals surface area (Å²) in [6.07, 6.45) is 0. The summed E-state index contributed by atoms with van der Waals surface area (Å²) in [7, 11) is 0. The number of carbonyl (C=O) groups is 4. The molecule has 0 aromatic heterocycles. The SMILES string of the molecule is O=C(CSc1ccc(NC(=O)c2ccc(C(=O)O)cc2C(=O)O)cc1)Nc1ccc(Cl)cc1Cl. The molecule has 0 radical (unpaired) electrons. The van der Waals surface area contributed by atoms with Gasteiger partial charge in [-0.1, -0.05) is 23.2 Å². The van der Waals surface area contributed by atoms with Gasteiger partial charge in [-0.2, -0.15) is 0 Å². The average molecular weight is 519 g/mol. The van der Waals surface area contributed by atoms with Crippen LogP contribution in [0, 0.1) is 0 Å². The number of hydrogen-bond acceptors (Lipinski definition) is 5. The van der Waals surface area contributed by atoms with Crippen molar-refractivity contribution in [2.45, 2.75) is 4.90 Å². The lowest BCUT2D eigenvalue weighted by molar-refractivity contribution is -0.113. The number of amides is 2. The van der Waals surface area contributed by atoms with Gasteiger partial charge in [0.2, 0.25) is 5.91 Å². The fourth-order valence-corrected chi connectivity index (χ4v) is 3.97. The van der Waals surface area contributed by atoms with E-state index < -0.39 is 23.4 Å². The van der Waals surface area contributed by atoms with E-state index in [1.807, 2.05) is 0 Å². The second-order valence-electron chi connectivity index (χ2n) is 6.81. The standard InChI is InChI=1S/C23H16Cl2N2O6S/c24-13-2-8-19(18(25)10-13)27-20(28)11-34-15-5-3-14(4-6-15)26-21(29)16-7-1-12(22(30)31)9-17(16)23(32)33/h1-10H,11H2,(H,26,29)(H,27,28)(H,30,31)(H,32,33). The lowest BCUT2D eigenvalue weighted by atomic mass is 10.0. The van der Waals surface area contributed by atoms with Crippen molar-refractivity contribution in [3.63, 3.8) is 0 Å². The van der Waals surface area contributed by atoms with E-state index in [0.29, 0.717) is 21.4 Å². The Balaban J connectivity index is 1.60. The topological polar surface area (TPSA) is 133 Å². The minimum absolute atomic E-state index is 0.114. The van der Waals surface area contributed by atoms with Gasteiger partial charge in [-0.05, 0) is 60.7 Å². The third kappa shape index (κ3) is 6.50. The summed E-state index contributed by atoms with van der Waals surface area (Å²) in [5.41, 5.74) is 0.0137. The zero-order chi connectivity index (χ0) is 24.8. The number of benzene rings is 3. The van der Waals surface area contributed by atoms with E-state index >= 15 is 0 Å². The summed E-state index contributed by atoms with van der Waals surface area (Å²) in [5.74, 6) is -3.57. The first kappa shape index (κ1) is 25.1. The molecule has 0 aliphatic carbocycles. The number of rotatable bonds is 8. The summed E-state index contributed by atoms with van der Waals surface area (Å²) < 4.78 is 0. The number of halogens is 2. The Kier molecular flexibility index (Phi) is 8.17. The van der Waals surface area contributed by atoms with Crippen LogP contribution in [0.1, 0.15) is 31.1 Å². The molecular formula is C23H16Cl2N2O6S. The maximum atomic E-state index is 12.5. The molecule has 3 aromatic rings. The number of aromatic carboxylic acids is 2. The Bertz CT molecular complexity index is 1280. The number of carbonyl (C=O) groups excluding carboxylic acids is 2. The lowest BCUT2D eigenvalue weighted by Gasteiger charge is -2.10. The van der Waals surface area contributed by atoms with Gasteiger partial charge in [0.25, 0.3) is 5.91 Å². The molecule has 0 atom stereocenters. The fourth-order valence-electron chi connectivity index (χ4n) is 2.81. The van der Waals surface area contributed by atoms with Crippen molar-refractivity contribution in [1.29, 1.82) is 0 Å². The predicted molar refractivity (Wildman–Crippen MR) is 131 cm³/mol. The van der Waals surface area contributed by atoms with Crippen molar-refractivity contribution >= 4 is 70.1 Å². The first-order chi connectivity index (χ1) is 16.1. The molecule has 8 nitrogen and oxygen atoms in total. The molecule has 0 unspecified atom stereocenters. The Hall–Kier alpha value is -3.53. The molecule has 0 fully saturated rings. The summed E-state index contributed by atoms with van der Waals surface area (Å²) >= 11 is 13.1. The second-order valence-corrected chi connectivity index (χ2v) is 8.70. The molecule has 0 aliphatic heterocycles. The maximum absolute atomic E-state index is 12.5. The molecule has 0 saturated carbocycles. The van der Waals surface area contributed by atoms with Crippen LogP contribution in [0.15, 0.2) is 65.6 Å². The van der Waals surface area contributed by atoms with Crippen LogP contribution in [0.3, 0.4) is 0 Å². The Morgan fingerprint density at radius 2 is 1.50 bits per heavy atom.